The highest BCUT2D eigenvalue weighted by Gasteiger charge is 2.43. The molecule has 2 N–H and O–H groups in total. The number of aliphatic hydroxyl groups excluding tert-OH is 1. The summed E-state index contributed by atoms with van der Waals surface area (Å²) < 4.78 is 14.7. The van der Waals surface area contributed by atoms with Gasteiger partial charge in [-0.1, -0.05) is 67.0 Å². The van der Waals surface area contributed by atoms with Gasteiger partial charge in [0.05, 0.1) is 24.0 Å². The number of nitrogens with zero attached hydrogens (tertiary/aromatic N) is 5. The van der Waals surface area contributed by atoms with Crippen LogP contribution >= 0.6 is 0 Å². The normalized spacial score (nSPS) is 21.9. The van der Waals surface area contributed by atoms with Crippen LogP contribution in [0.2, 0.25) is 0 Å². The van der Waals surface area contributed by atoms with Gasteiger partial charge in [0.15, 0.2) is 5.82 Å². The maximum absolute atomic E-state index is 14.4. The molecule has 1 atom stereocenters. The Balaban J connectivity index is 1.21. The van der Waals surface area contributed by atoms with Gasteiger partial charge in [-0.3, -0.25) is 18.9 Å². The van der Waals surface area contributed by atoms with Crippen LogP contribution in [0.25, 0.3) is 28.3 Å². The minimum absolute atomic E-state index is 0.000108. The number of benzene rings is 2. The highest BCUT2D eigenvalue weighted by atomic mass is 16.5. The van der Waals surface area contributed by atoms with E-state index in [1.165, 1.54) is 0 Å². The van der Waals surface area contributed by atoms with Crippen LogP contribution in [0.15, 0.2) is 69.0 Å². The van der Waals surface area contributed by atoms with E-state index in [0.29, 0.717) is 18.0 Å². The zero-order valence-electron chi connectivity index (χ0n) is 24.7. The Hall–Kier alpha value is -4.35. The molecular formula is C33H36N6O5. The van der Waals surface area contributed by atoms with Crippen molar-refractivity contribution < 1.29 is 14.4 Å². The summed E-state index contributed by atoms with van der Waals surface area (Å²) in [5, 5.41) is 18.0. The summed E-state index contributed by atoms with van der Waals surface area (Å²) in [6.45, 7) is 2.16. The molecule has 0 bridgehead atoms. The highest BCUT2D eigenvalue weighted by Crippen LogP contribution is 2.45. The monoisotopic (exact) mass is 596 g/mol. The van der Waals surface area contributed by atoms with Gasteiger partial charge < -0.3 is 9.84 Å². The largest absolute Gasteiger partial charge is 0.439 e. The van der Waals surface area contributed by atoms with Crippen molar-refractivity contribution in [2.24, 2.45) is 0 Å². The molecule has 1 unspecified atom stereocenters. The van der Waals surface area contributed by atoms with Crippen LogP contribution in [0.5, 0.6) is 0 Å². The average molecular weight is 597 g/mol. The molecule has 11 nitrogen and oxygen atoms in total. The molecule has 3 aromatic heterocycles. The van der Waals surface area contributed by atoms with Crippen molar-refractivity contribution >= 4 is 5.78 Å². The second-order valence-corrected chi connectivity index (χ2v) is 12.1. The molecule has 4 heterocycles. The molecule has 1 aliphatic carbocycles. The molecule has 1 spiro atoms. The Kier molecular flexibility index (Phi) is 7.51. The Bertz CT molecular complexity index is 1890. The highest BCUT2D eigenvalue weighted by molar-refractivity contribution is 5.80. The Morgan fingerprint density at radius 2 is 1.77 bits per heavy atom. The molecule has 2 fully saturated rings. The first-order valence-corrected chi connectivity index (χ1v) is 15.5. The fraction of sp³-hybridized carbons (Fsp3) is 0.424. The fourth-order valence-corrected chi connectivity index (χ4v) is 7.15. The summed E-state index contributed by atoms with van der Waals surface area (Å²) >= 11 is 0. The van der Waals surface area contributed by atoms with Crippen molar-refractivity contribution in [1.82, 2.24) is 29.3 Å². The molecule has 1 saturated heterocycles. The smallest absolute Gasteiger partial charge is 0.394 e. The number of H-pyrrole nitrogens is 1. The molecule has 11 heteroatoms. The van der Waals surface area contributed by atoms with Gasteiger partial charge >= 0.3 is 5.76 Å². The van der Waals surface area contributed by atoms with E-state index in [1.54, 1.807) is 6.33 Å². The number of hydrogen-bond acceptors (Lipinski definition) is 8. The average Bonchev–Trinajstić information content (AvgIpc) is 3.81. The van der Waals surface area contributed by atoms with E-state index in [-0.39, 0.29) is 29.9 Å². The zero-order valence-corrected chi connectivity index (χ0v) is 24.7. The lowest BCUT2D eigenvalue weighted by atomic mass is 9.80. The second kappa shape index (κ2) is 11.6. The third kappa shape index (κ3) is 5.09. The van der Waals surface area contributed by atoms with Crippen molar-refractivity contribution in [3.63, 3.8) is 0 Å². The van der Waals surface area contributed by atoms with E-state index < -0.39 is 5.76 Å². The Morgan fingerprint density at radius 3 is 2.45 bits per heavy atom. The van der Waals surface area contributed by atoms with E-state index >= 15 is 0 Å². The minimum Gasteiger partial charge on any atom is -0.394 e. The summed E-state index contributed by atoms with van der Waals surface area (Å²) in [6.07, 6.45) is 8.72. The number of fused-ring (bicyclic) bond motifs is 1. The van der Waals surface area contributed by atoms with Gasteiger partial charge in [0.25, 0.3) is 5.56 Å². The molecule has 0 amide bonds. The van der Waals surface area contributed by atoms with Crippen LogP contribution in [-0.4, -0.2) is 52.7 Å². The number of aryl methyl sites for hydroxylation is 1. The quantitative estimate of drug-likeness (QED) is 0.267. The second-order valence-electron chi connectivity index (χ2n) is 12.1. The van der Waals surface area contributed by atoms with Crippen molar-refractivity contribution in [2.75, 3.05) is 6.61 Å². The summed E-state index contributed by atoms with van der Waals surface area (Å²) in [6, 6.07) is 15.8. The molecule has 7 rings (SSSR count). The van der Waals surface area contributed by atoms with Crippen molar-refractivity contribution in [3.05, 3.63) is 92.6 Å². The molecule has 44 heavy (non-hydrogen) atoms. The van der Waals surface area contributed by atoms with Gasteiger partial charge in [-0.25, -0.2) is 9.31 Å². The van der Waals surface area contributed by atoms with E-state index in [2.05, 4.69) is 27.1 Å². The van der Waals surface area contributed by atoms with Gasteiger partial charge in [0.1, 0.15) is 6.33 Å². The van der Waals surface area contributed by atoms with E-state index in [0.717, 1.165) is 84.9 Å². The summed E-state index contributed by atoms with van der Waals surface area (Å²) in [4.78, 5) is 33.1. The van der Waals surface area contributed by atoms with Crippen LogP contribution < -0.4 is 11.3 Å². The standard InChI is InChI=1S/C33H36N6O5/c1-2-5-28-27(18-21-8-10-22(11-9-21)25-6-3-4-7-26(25)29-36-32(42)44-37-29)30(41)38(31-34-20-35-39(28)31)23-12-15-33(16-13-23)17-14-24(19-40)43-33/h3-4,6-11,20,23-24,40H,2,5,12-19H2,1H3,(H,36,37,42)/t23-,24?,33-. The summed E-state index contributed by atoms with van der Waals surface area (Å²) in [5.41, 5.74) is 5.11. The van der Waals surface area contributed by atoms with Gasteiger partial charge in [0.2, 0.25) is 5.78 Å². The Labute approximate surface area is 253 Å². The van der Waals surface area contributed by atoms with Crippen molar-refractivity contribution in [2.45, 2.75) is 82.5 Å². The van der Waals surface area contributed by atoms with Crippen molar-refractivity contribution in [1.29, 1.82) is 0 Å². The number of aliphatic hydroxyl groups is 1. The third-order valence-electron chi connectivity index (χ3n) is 9.36. The molecule has 2 aromatic carbocycles. The predicted octanol–water partition coefficient (Wildman–Crippen LogP) is 4.47. The maximum atomic E-state index is 14.4. The first kappa shape index (κ1) is 28.4. The van der Waals surface area contributed by atoms with E-state index in [1.807, 2.05) is 57.6 Å². The van der Waals surface area contributed by atoms with Crippen LogP contribution in [0, 0.1) is 0 Å². The lowest BCUT2D eigenvalue weighted by Gasteiger charge is -2.37. The molecule has 2 aliphatic rings. The first-order valence-electron chi connectivity index (χ1n) is 15.5. The molecule has 1 aliphatic heterocycles. The third-order valence-corrected chi connectivity index (χ3v) is 9.36. The van der Waals surface area contributed by atoms with Crippen LogP contribution in [-0.2, 0) is 17.6 Å². The number of rotatable bonds is 8. The lowest BCUT2D eigenvalue weighted by Crippen LogP contribution is -2.39. The minimum atomic E-state index is -0.599. The molecule has 0 radical (unpaired) electrons. The number of hydrogen-bond donors (Lipinski definition) is 2. The zero-order chi connectivity index (χ0) is 30.3. The van der Waals surface area contributed by atoms with Crippen LogP contribution in [0.1, 0.15) is 74.7 Å². The SMILES string of the molecule is CCCc1c(Cc2ccc(-c3ccccc3-c3noc(=O)[nH]3)cc2)c(=O)n([C@H]2CC[C@@]3(CCC(CO)O3)CC2)c2ncnn12. The van der Waals surface area contributed by atoms with Crippen molar-refractivity contribution in [3.8, 4) is 22.5 Å². The van der Waals surface area contributed by atoms with Crippen LogP contribution in [0.4, 0.5) is 0 Å². The molecule has 5 aromatic rings. The molecular weight excluding hydrogens is 560 g/mol. The van der Waals surface area contributed by atoms with Gasteiger partial charge in [-0.05, 0) is 61.6 Å². The fourth-order valence-electron chi connectivity index (χ4n) is 7.15. The lowest BCUT2D eigenvalue weighted by molar-refractivity contribution is -0.0833. The predicted molar refractivity (Wildman–Crippen MR) is 163 cm³/mol. The Morgan fingerprint density at radius 1 is 1.02 bits per heavy atom. The molecule has 1 saturated carbocycles. The number of aromatic amines is 1. The van der Waals surface area contributed by atoms with Gasteiger partial charge in [-0.15, -0.1) is 0 Å². The van der Waals surface area contributed by atoms with E-state index in [9.17, 15) is 14.7 Å². The summed E-state index contributed by atoms with van der Waals surface area (Å²) in [7, 11) is 0. The topological polar surface area (TPSA) is 141 Å². The summed E-state index contributed by atoms with van der Waals surface area (Å²) in [5.74, 6) is 0.376. The van der Waals surface area contributed by atoms with E-state index in [4.69, 9.17) is 9.26 Å². The van der Waals surface area contributed by atoms with Gasteiger partial charge in [-0.2, -0.15) is 10.1 Å². The van der Waals surface area contributed by atoms with Gasteiger partial charge in [0, 0.05) is 23.6 Å². The maximum Gasteiger partial charge on any atom is 0.439 e. The van der Waals surface area contributed by atoms with Crippen LogP contribution in [0.3, 0.4) is 0 Å². The molecule has 228 valence electrons. The number of aromatic nitrogens is 6. The number of ether oxygens (including phenoxy) is 1. The first-order chi connectivity index (χ1) is 21.5. The number of nitrogens with one attached hydrogen (secondary N) is 1.